The maximum atomic E-state index is 12.8. The Labute approximate surface area is 164 Å². The third kappa shape index (κ3) is 3.80. The number of aryl methyl sites for hydroxylation is 2. The number of carboxylic acids is 1. The molecule has 3 N–H and O–H groups in total. The maximum Gasteiger partial charge on any atom is 0.335 e. The van der Waals surface area contributed by atoms with Gasteiger partial charge in [0, 0.05) is 5.69 Å². The SMILES string of the molecule is Cc1ccc(C(=O)O)cc1NC(=O)c1sc2nc(CN(C)C)[nH]c(=O)c2c1C. The van der Waals surface area contributed by atoms with Crippen molar-refractivity contribution in [2.24, 2.45) is 0 Å². The number of anilines is 1. The summed E-state index contributed by atoms with van der Waals surface area (Å²) in [5.41, 5.74) is 1.51. The van der Waals surface area contributed by atoms with E-state index in [4.69, 9.17) is 5.11 Å². The molecule has 0 fully saturated rings. The van der Waals surface area contributed by atoms with Crippen molar-refractivity contribution >= 4 is 39.1 Å². The van der Waals surface area contributed by atoms with E-state index >= 15 is 0 Å². The van der Waals surface area contributed by atoms with Crippen LogP contribution in [0.5, 0.6) is 0 Å². The summed E-state index contributed by atoms with van der Waals surface area (Å²) in [6.45, 7) is 3.96. The van der Waals surface area contributed by atoms with Crippen LogP contribution in [-0.4, -0.2) is 45.9 Å². The molecule has 0 aliphatic rings. The third-order valence-corrected chi connectivity index (χ3v) is 5.44. The lowest BCUT2D eigenvalue weighted by Gasteiger charge is -2.09. The molecule has 0 saturated carbocycles. The highest BCUT2D eigenvalue weighted by Crippen LogP contribution is 2.28. The van der Waals surface area contributed by atoms with E-state index in [2.05, 4.69) is 15.3 Å². The van der Waals surface area contributed by atoms with Crippen molar-refractivity contribution in [2.45, 2.75) is 20.4 Å². The van der Waals surface area contributed by atoms with E-state index in [1.54, 1.807) is 19.9 Å². The van der Waals surface area contributed by atoms with Gasteiger partial charge in [-0.1, -0.05) is 6.07 Å². The molecule has 0 saturated heterocycles. The number of nitrogens with zero attached hydrogens (tertiary/aromatic N) is 2. The van der Waals surface area contributed by atoms with Gasteiger partial charge in [-0.2, -0.15) is 0 Å². The summed E-state index contributed by atoms with van der Waals surface area (Å²) in [5, 5.41) is 12.3. The molecule has 0 unspecified atom stereocenters. The number of nitrogens with one attached hydrogen (secondary N) is 2. The summed E-state index contributed by atoms with van der Waals surface area (Å²) in [5.74, 6) is -0.946. The molecule has 0 spiro atoms. The van der Waals surface area contributed by atoms with Gasteiger partial charge in [0.05, 0.1) is 22.4 Å². The molecule has 1 aromatic carbocycles. The van der Waals surface area contributed by atoms with Gasteiger partial charge in [0.15, 0.2) is 0 Å². The Hall–Kier alpha value is -3.04. The molecule has 0 aliphatic heterocycles. The van der Waals surface area contributed by atoms with E-state index in [0.29, 0.717) is 38.7 Å². The summed E-state index contributed by atoms with van der Waals surface area (Å²) in [4.78, 5) is 46.4. The Morgan fingerprint density at radius 1 is 1.29 bits per heavy atom. The van der Waals surface area contributed by atoms with Crippen LogP contribution >= 0.6 is 11.3 Å². The zero-order valence-electron chi connectivity index (χ0n) is 15.9. The molecule has 3 aromatic rings. The van der Waals surface area contributed by atoms with Gasteiger partial charge in [-0.3, -0.25) is 9.59 Å². The predicted octanol–water partition coefficient (Wildman–Crippen LogP) is 2.61. The molecule has 0 aliphatic carbocycles. The molecule has 1 amide bonds. The molecule has 2 aromatic heterocycles. The number of aromatic nitrogens is 2. The fourth-order valence-corrected chi connectivity index (χ4v) is 3.94. The number of fused-ring (bicyclic) bond motifs is 1. The van der Waals surface area contributed by atoms with Crippen molar-refractivity contribution in [1.82, 2.24) is 14.9 Å². The Bertz CT molecular complexity index is 1150. The topological polar surface area (TPSA) is 115 Å². The van der Waals surface area contributed by atoms with Gasteiger partial charge in [-0.05, 0) is 51.2 Å². The largest absolute Gasteiger partial charge is 0.478 e. The van der Waals surface area contributed by atoms with Crippen LogP contribution in [0, 0.1) is 13.8 Å². The molecule has 28 heavy (non-hydrogen) atoms. The molecule has 3 rings (SSSR count). The first-order chi connectivity index (χ1) is 13.2. The summed E-state index contributed by atoms with van der Waals surface area (Å²) in [7, 11) is 3.74. The van der Waals surface area contributed by atoms with Crippen molar-refractivity contribution in [3.05, 3.63) is 55.9 Å². The fraction of sp³-hybridized carbons (Fsp3) is 0.263. The van der Waals surface area contributed by atoms with Crippen LogP contribution in [0.15, 0.2) is 23.0 Å². The number of aromatic amines is 1. The van der Waals surface area contributed by atoms with Crippen LogP contribution in [-0.2, 0) is 6.54 Å². The Morgan fingerprint density at radius 2 is 2.00 bits per heavy atom. The quantitative estimate of drug-likeness (QED) is 0.606. The standard InChI is InChI=1S/C19H20N4O4S/c1-9-5-6-11(19(26)27)7-12(9)20-17(25)15-10(2)14-16(24)21-13(8-23(3)4)22-18(14)28-15/h5-7H,8H2,1-4H3,(H,20,25)(H,26,27)(H,21,22,24). The van der Waals surface area contributed by atoms with E-state index in [0.717, 1.165) is 16.9 Å². The fourth-order valence-electron chi connectivity index (χ4n) is 2.85. The normalized spacial score (nSPS) is 11.2. The zero-order valence-corrected chi connectivity index (χ0v) is 16.7. The lowest BCUT2D eigenvalue weighted by molar-refractivity contribution is 0.0696. The number of hydrogen-bond donors (Lipinski definition) is 3. The second-order valence-corrected chi connectivity index (χ2v) is 7.77. The number of aromatic carboxylic acids is 1. The average Bonchev–Trinajstić information content (AvgIpc) is 2.93. The molecule has 0 bridgehead atoms. The Kier molecular flexibility index (Phi) is 5.30. The van der Waals surface area contributed by atoms with Crippen LogP contribution < -0.4 is 10.9 Å². The van der Waals surface area contributed by atoms with Gasteiger partial charge in [-0.25, -0.2) is 9.78 Å². The van der Waals surface area contributed by atoms with Gasteiger partial charge in [0.25, 0.3) is 11.5 Å². The van der Waals surface area contributed by atoms with Gasteiger partial charge < -0.3 is 20.3 Å². The van der Waals surface area contributed by atoms with E-state index in [1.165, 1.54) is 12.1 Å². The average molecular weight is 400 g/mol. The van der Waals surface area contributed by atoms with Crippen molar-refractivity contribution < 1.29 is 14.7 Å². The number of amides is 1. The van der Waals surface area contributed by atoms with E-state index in [1.807, 2.05) is 19.0 Å². The number of benzene rings is 1. The maximum absolute atomic E-state index is 12.8. The molecule has 0 atom stereocenters. The summed E-state index contributed by atoms with van der Waals surface area (Å²) < 4.78 is 0. The molecule has 9 heteroatoms. The lowest BCUT2D eigenvalue weighted by Crippen LogP contribution is -2.18. The second-order valence-electron chi connectivity index (χ2n) is 6.78. The monoisotopic (exact) mass is 400 g/mol. The van der Waals surface area contributed by atoms with E-state index in [9.17, 15) is 14.4 Å². The number of carbonyl (C=O) groups excluding carboxylic acids is 1. The number of carbonyl (C=O) groups is 2. The number of thiophene rings is 1. The van der Waals surface area contributed by atoms with E-state index in [-0.39, 0.29) is 11.1 Å². The van der Waals surface area contributed by atoms with Crippen molar-refractivity contribution in [3.63, 3.8) is 0 Å². The number of hydrogen-bond acceptors (Lipinski definition) is 6. The molecule has 0 radical (unpaired) electrons. The minimum Gasteiger partial charge on any atom is -0.478 e. The summed E-state index contributed by atoms with van der Waals surface area (Å²) in [6, 6.07) is 4.53. The first kappa shape index (κ1) is 19.7. The van der Waals surface area contributed by atoms with Crippen LogP contribution in [0.25, 0.3) is 10.2 Å². The third-order valence-electron chi connectivity index (χ3n) is 4.25. The Morgan fingerprint density at radius 3 is 2.64 bits per heavy atom. The van der Waals surface area contributed by atoms with Gasteiger partial charge in [0.2, 0.25) is 0 Å². The number of carboxylic acid groups (broad SMARTS) is 1. The summed E-state index contributed by atoms with van der Waals surface area (Å²) in [6.07, 6.45) is 0. The number of H-pyrrole nitrogens is 1. The van der Waals surface area contributed by atoms with Crippen LogP contribution in [0.4, 0.5) is 5.69 Å². The smallest absolute Gasteiger partial charge is 0.335 e. The highest BCUT2D eigenvalue weighted by molar-refractivity contribution is 7.20. The van der Waals surface area contributed by atoms with Gasteiger partial charge >= 0.3 is 5.97 Å². The molecule has 146 valence electrons. The minimum absolute atomic E-state index is 0.0837. The predicted molar refractivity (Wildman–Crippen MR) is 108 cm³/mol. The first-order valence-corrected chi connectivity index (χ1v) is 9.31. The van der Waals surface area contributed by atoms with Gasteiger partial charge in [0.1, 0.15) is 10.7 Å². The number of rotatable bonds is 5. The summed E-state index contributed by atoms with van der Waals surface area (Å²) >= 11 is 1.15. The van der Waals surface area contributed by atoms with E-state index < -0.39 is 11.9 Å². The molecule has 2 heterocycles. The Balaban J connectivity index is 2.00. The zero-order chi connectivity index (χ0) is 20.6. The highest BCUT2D eigenvalue weighted by Gasteiger charge is 2.20. The van der Waals surface area contributed by atoms with Crippen molar-refractivity contribution in [1.29, 1.82) is 0 Å². The van der Waals surface area contributed by atoms with Crippen LogP contribution in [0.3, 0.4) is 0 Å². The molecular weight excluding hydrogens is 380 g/mol. The van der Waals surface area contributed by atoms with Crippen LogP contribution in [0.1, 0.15) is 37.0 Å². The van der Waals surface area contributed by atoms with Gasteiger partial charge in [-0.15, -0.1) is 11.3 Å². The first-order valence-electron chi connectivity index (χ1n) is 8.49. The molecular formula is C19H20N4O4S. The minimum atomic E-state index is -1.07. The molecule has 8 nitrogen and oxygen atoms in total. The second kappa shape index (κ2) is 7.53. The van der Waals surface area contributed by atoms with Crippen molar-refractivity contribution in [2.75, 3.05) is 19.4 Å². The highest BCUT2D eigenvalue weighted by atomic mass is 32.1. The lowest BCUT2D eigenvalue weighted by atomic mass is 10.1. The van der Waals surface area contributed by atoms with Crippen molar-refractivity contribution in [3.8, 4) is 0 Å². The van der Waals surface area contributed by atoms with Crippen LogP contribution in [0.2, 0.25) is 0 Å².